The van der Waals surface area contributed by atoms with Gasteiger partial charge in [0, 0.05) is 51.1 Å². The summed E-state index contributed by atoms with van der Waals surface area (Å²) in [6, 6.07) is 7.02. The number of halogens is 1. The van der Waals surface area contributed by atoms with Crippen molar-refractivity contribution in [1.82, 2.24) is 29.0 Å². The molecule has 4 heterocycles. The average molecular weight is 581 g/mol. The van der Waals surface area contributed by atoms with E-state index in [1.807, 2.05) is 43.9 Å². The molecule has 10 nitrogen and oxygen atoms in total. The van der Waals surface area contributed by atoms with Crippen molar-refractivity contribution in [1.29, 1.82) is 0 Å². The molecule has 1 aliphatic rings. The van der Waals surface area contributed by atoms with Gasteiger partial charge in [-0.25, -0.2) is 9.97 Å². The number of nitrogens with one attached hydrogen (secondary N) is 2. The highest BCUT2D eigenvalue weighted by Crippen LogP contribution is 2.32. The maximum absolute atomic E-state index is 13.7. The minimum Gasteiger partial charge on any atom is -0.377 e. The fourth-order valence-corrected chi connectivity index (χ4v) is 5.84. The third kappa shape index (κ3) is 5.53. The van der Waals surface area contributed by atoms with Crippen LogP contribution in [0.4, 0.5) is 11.6 Å². The Kier molecular flexibility index (Phi) is 8.04. The van der Waals surface area contributed by atoms with E-state index in [0.29, 0.717) is 28.5 Å². The van der Waals surface area contributed by atoms with E-state index in [2.05, 4.69) is 31.2 Å². The normalized spacial score (nSPS) is 16.2. The summed E-state index contributed by atoms with van der Waals surface area (Å²) in [6.07, 6.45) is 7.82. The molecule has 1 aromatic carbocycles. The van der Waals surface area contributed by atoms with Gasteiger partial charge in [-0.15, -0.1) is 0 Å². The second-order valence-electron chi connectivity index (χ2n) is 10.3. The Hall–Kier alpha value is -3.57. The summed E-state index contributed by atoms with van der Waals surface area (Å²) in [5, 5.41) is 8.55. The molecule has 3 aromatic heterocycles. The quantitative estimate of drug-likeness (QED) is 0.241. The van der Waals surface area contributed by atoms with Crippen LogP contribution >= 0.6 is 23.5 Å². The Bertz CT molecular complexity index is 1630. The zero-order chi connectivity index (χ0) is 28.6. The second kappa shape index (κ2) is 11.5. The van der Waals surface area contributed by atoms with E-state index in [-0.39, 0.29) is 28.4 Å². The summed E-state index contributed by atoms with van der Waals surface area (Å²) in [4.78, 5) is 37.9. The van der Waals surface area contributed by atoms with Gasteiger partial charge in [0.05, 0.1) is 28.8 Å². The third-order valence-corrected chi connectivity index (χ3v) is 7.94. The molecular weight excluding hydrogens is 548 g/mol. The minimum atomic E-state index is -0.346. The molecule has 2 N–H and O–H groups in total. The molecule has 1 amide bonds. The molecule has 2 unspecified atom stereocenters. The molecule has 0 spiro atoms. The predicted molar refractivity (Wildman–Crippen MR) is 161 cm³/mol. The van der Waals surface area contributed by atoms with Gasteiger partial charge in [0.1, 0.15) is 5.15 Å². The molecule has 5 rings (SSSR count). The number of nitrogens with zero attached hydrogens (tertiary/aromatic N) is 6. The SMILES string of the molecule is CSNC(=O)c1nc(Cl)ccc1NC(C)c1cc(C)cc2c(=O)n(C)c(N3CCCC(c4cnn(C)c4)C3)nc12. The molecule has 2 atom stereocenters. The van der Waals surface area contributed by atoms with Crippen LogP contribution in [-0.4, -0.2) is 49.6 Å². The highest BCUT2D eigenvalue weighted by atomic mass is 35.5. The predicted octanol–water partition coefficient (Wildman–Crippen LogP) is 4.59. The van der Waals surface area contributed by atoms with E-state index in [0.717, 1.165) is 37.1 Å². The van der Waals surface area contributed by atoms with Gasteiger partial charge < -0.3 is 10.2 Å². The smallest absolute Gasteiger partial charge is 0.281 e. The summed E-state index contributed by atoms with van der Waals surface area (Å²) in [7, 11) is 3.72. The first-order valence-electron chi connectivity index (χ1n) is 13.2. The highest BCUT2D eigenvalue weighted by Gasteiger charge is 2.27. The number of benzene rings is 1. The first kappa shape index (κ1) is 28.0. The molecule has 1 fully saturated rings. The van der Waals surface area contributed by atoms with Gasteiger partial charge >= 0.3 is 0 Å². The van der Waals surface area contributed by atoms with Crippen molar-refractivity contribution in [2.75, 3.05) is 29.6 Å². The lowest BCUT2D eigenvalue weighted by Gasteiger charge is -2.34. The molecule has 0 saturated carbocycles. The molecule has 4 aromatic rings. The number of amides is 1. The van der Waals surface area contributed by atoms with E-state index >= 15 is 0 Å². The molecule has 1 saturated heterocycles. The van der Waals surface area contributed by atoms with Gasteiger partial charge in [0.15, 0.2) is 5.69 Å². The number of hydrogen-bond acceptors (Lipinski definition) is 8. The van der Waals surface area contributed by atoms with Gasteiger partial charge in [0.25, 0.3) is 11.5 Å². The fourth-order valence-electron chi connectivity index (χ4n) is 5.41. The zero-order valence-electron chi connectivity index (χ0n) is 23.2. The number of anilines is 2. The average Bonchev–Trinajstić information content (AvgIpc) is 3.38. The first-order valence-corrected chi connectivity index (χ1v) is 14.8. The van der Waals surface area contributed by atoms with Crippen molar-refractivity contribution in [3.05, 3.63) is 74.6 Å². The van der Waals surface area contributed by atoms with Gasteiger partial charge in [-0.05, 0) is 56.0 Å². The number of carbonyl (C=O) groups excluding carboxylic acids is 1. The van der Waals surface area contributed by atoms with Crippen molar-refractivity contribution in [2.45, 2.75) is 38.6 Å². The maximum atomic E-state index is 13.7. The van der Waals surface area contributed by atoms with Crippen molar-refractivity contribution in [3.63, 3.8) is 0 Å². The fraction of sp³-hybridized carbons (Fsp3) is 0.393. The van der Waals surface area contributed by atoms with Crippen LogP contribution in [0.25, 0.3) is 10.9 Å². The second-order valence-corrected chi connectivity index (χ2v) is 11.3. The first-order chi connectivity index (χ1) is 19.2. The summed E-state index contributed by atoms with van der Waals surface area (Å²) < 4.78 is 6.19. The van der Waals surface area contributed by atoms with Crippen molar-refractivity contribution in [3.8, 4) is 0 Å². The van der Waals surface area contributed by atoms with E-state index in [9.17, 15) is 9.59 Å². The summed E-state index contributed by atoms with van der Waals surface area (Å²) >= 11 is 7.29. The van der Waals surface area contributed by atoms with Gasteiger partial charge in [0.2, 0.25) is 5.95 Å². The van der Waals surface area contributed by atoms with Crippen LogP contribution in [-0.2, 0) is 14.1 Å². The molecule has 0 aliphatic carbocycles. The van der Waals surface area contributed by atoms with E-state index in [1.54, 1.807) is 30.0 Å². The Labute approximate surface area is 242 Å². The van der Waals surface area contributed by atoms with Crippen LogP contribution in [0.5, 0.6) is 0 Å². The molecule has 0 bridgehead atoms. The number of carbonyl (C=O) groups is 1. The molecular formula is C28H33ClN8O2S. The third-order valence-electron chi connectivity index (χ3n) is 7.34. The molecule has 1 aliphatic heterocycles. The summed E-state index contributed by atoms with van der Waals surface area (Å²) in [5.41, 5.74) is 4.30. The molecule has 40 heavy (non-hydrogen) atoms. The van der Waals surface area contributed by atoms with Crippen molar-refractivity contribution in [2.24, 2.45) is 14.1 Å². The number of aromatic nitrogens is 5. The van der Waals surface area contributed by atoms with Crippen LogP contribution in [0, 0.1) is 6.92 Å². The standard InChI is InChI=1S/C28H33ClN8O2S/c1-16-11-20(17(2)31-22-8-9-23(29)32-25(22)26(38)34-40-5)24-21(12-16)27(39)36(4)28(33-24)37-10-6-7-18(15-37)19-13-30-35(3)14-19/h8-9,11-14,17-18,31H,6-7,10,15H2,1-5H3,(H,34,38). The van der Waals surface area contributed by atoms with Crippen LogP contribution in [0.3, 0.4) is 0 Å². The van der Waals surface area contributed by atoms with Crippen molar-refractivity contribution >= 4 is 52.0 Å². The zero-order valence-corrected chi connectivity index (χ0v) is 24.8. The van der Waals surface area contributed by atoms with Crippen LogP contribution in [0.15, 0.2) is 41.5 Å². The van der Waals surface area contributed by atoms with E-state index in [4.69, 9.17) is 16.6 Å². The topological polar surface area (TPSA) is 110 Å². The summed E-state index contributed by atoms with van der Waals surface area (Å²) in [5.74, 6) is 0.620. The van der Waals surface area contributed by atoms with Gasteiger partial charge in [-0.3, -0.25) is 23.6 Å². The molecule has 0 radical (unpaired) electrons. The number of aryl methyl sites for hydroxylation is 2. The van der Waals surface area contributed by atoms with E-state index < -0.39 is 0 Å². The largest absolute Gasteiger partial charge is 0.377 e. The lowest BCUT2D eigenvalue weighted by Crippen LogP contribution is -2.38. The summed E-state index contributed by atoms with van der Waals surface area (Å²) in [6.45, 7) is 5.53. The van der Waals surface area contributed by atoms with Crippen molar-refractivity contribution < 1.29 is 4.79 Å². The van der Waals surface area contributed by atoms with Gasteiger partial charge in [-0.1, -0.05) is 29.6 Å². The Balaban J connectivity index is 1.54. The molecule has 12 heteroatoms. The number of fused-ring (bicyclic) bond motifs is 1. The number of rotatable bonds is 7. The number of piperidine rings is 1. The van der Waals surface area contributed by atoms with Gasteiger partial charge in [-0.2, -0.15) is 5.10 Å². The van der Waals surface area contributed by atoms with E-state index in [1.165, 1.54) is 17.5 Å². The minimum absolute atomic E-state index is 0.0890. The highest BCUT2D eigenvalue weighted by molar-refractivity contribution is 7.97. The van der Waals surface area contributed by atoms with Crippen LogP contribution in [0.1, 0.15) is 58.9 Å². The number of hydrogen-bond donors (Lipinski definition) is 2. The Morgan fingerprint density at radius 2 is 2.02 bits per heavy atom. The lowest BCUT2D eigenvalue weighted by atomic mass is 9.93. The van der Waals surface area contributed by atoms with Crippen LogP contribution in [0.2, 0.25) is 5.15 Å². The Morgan fingerprint density at radius 1 is 1.23 bits per heavy atom. The maximum Gasteiger partial charge on any atom is 0.281 e. The number of pyridine rings is 1. The Morgan fingerprint density at radius 3 is 2.75 bits per heavy atom. The lowest BCUT2D eigenvalue weighted by molar-refractivity contribution is 0.0980. The monoisotopic (exact) mass is 580 g/mol. The van der Waals surface area contributed by atoms with Crippen LogP contribution < -0.4 is 20.5 Å². The molecule has 210 valence electrons.